The van der Waals surface area contributed by atoms with E-state index in [1.165, 1.54) is 0 Å². The maximum atomic E-state index is 12.8. The lowest BCUT2D eigenvalue weighted by Gasteiger charge is -2.29. The van der Waals surface area contributed by atoms with Crippen LogP contribution in [0.1, 0.15) is 31.9 Å². The summed E-state index contributed by atoms with van der Waals surface area (Å²) < 4.78 is 11.0. The molecule has 0 saturated carbocycles. The molecule has 1 amide bonds. The molecule has 5 nitrogen and oxygen atoms in total. The molecule has 1 saturated heterocycles. The lowest BCUT2D eigenvalue weighted by Crippen LogP contribution is -2.46. The highest BCUT2D eigenvalue weighted by molar-refractivity contribution is 5.76. The number of hydrogen-bond acceptors (Lipinski definition) is 4. The van der Waals surface area contributed by atoms with Gasteiger partial charge in [0.25, 0.3) is 0 Å². The van der Waals surface area contributed by atoms with Gasteiger partial charge in [0, 0.05) is 12.0 Å². The van der Waals surface area contributed by atoms with Crippen LogP contribution in [0.2, 0.25) is 0 Å². The Kier molecular flexibility index (Phi) is 7.54. The fourth-order valence-corrected chi connectivity index (χ4v) is 4.56. The minimum Gasteiger partial charge on any atom is -0.465 e. The van der Waals surface area contributed by atoms with E-state index in [-0.39, 0.29) is 30.5 Å². The highest BCUT2D eigenvalue weighted by Crippen LogP contribution is 2.31. The molecular formula is C30H33NO4. The molecule has 5 heteroatoms. The van der Waals surface area contributed by atoms with Crippen LogP contribution in [0.15, 0.2) is 84.9 Å². The van der Waals surface area contributed by atoms with Gasteiger partial charge in [-0.05, 0) is 55.9 Å². The number of benzene rings is 3. The number of esters is 1. The van der Waals surface area contributed by atoms with Gasteiger partial charge >= 0.3 is 12.1 Å². The Morgan fingerprint density at radius 3 is 2.14 bits per heavy atom. The molecule has 4 rings (SSSR count). The van der Waals surface area contributed by atoms with Crippen molar-refractivity contribution in [3.63, 3.8) is 0 Å². The first-order valence-corrected chi connectivity index (χ1v) is 12.1. The highest BCUT2D eigenvalue weighted by Gasteiger charge is 2.42. The van der Waals surface area contributed by atoms with Gasteiger partial charge in [-0.1, -0.05) is 84.9 Å². The van der Waals surface area contributed by atoms with Gasteiger partial charge in [-0.15, -0.1) is 0 Å². The van der Waals surface area contributed by atoms with Crippen molar-refractivity contribution in [3.8, 4) is 11.1 Å². The van der Waals surface area contributed by atoms with Gasteiger partial charge < -0.3 is 14.8 Å². The third-order valence-electron chi connectivity index (χ3n) is 6.27. The average Bonchev–Trinajstić information content (AvgIpc) is 3.19. The number of ether oxygens (including phenoxy) is 2. The molecule has 3 aromatic rings. The van der Waals surface area contributed by atoms with Gasteiger partial charge in [-0.25, -0.2) is 4.79 Å². The van der Waals surface area contributed by atoms with Gasteiger partial charge in [0.15, 0.2) is 0 Å². The van der Waals surface area contributed by atoms with Gasteiger partial charge in [0.2, 0.25) is 0 Å². The molecule has 0 aliphatic carbocycles. The molecule has 1 aliphatic heterocycles. The molecule has 1 N–H and O–H groups in total. The number of nitrogens with one attached hydrogen (secondary N) is 1. The van der Waals surface area contributed by atoms with Crippen LogP contribution in [0.3, 0.4) is 0 Å². The number of amides is 1. The molecule has 1 unspecified atom stereocenters. The maximum Gasteiger partial charge on any atom is 0.407 e. The van der Waals surface area contributed by atoms with Crippen LogP contribution < -0.4 is 5.32 Å². The van der Waals surface area contributed by atoms with Crippen LogP contribution >= 0.6 is 0 Å². The summed E-state index contributed by atoms with van der Waals surface area (Å²) in [4.78, 5) is 25.5. The summed E-state index contributed by atoms with van der Waals surface area (Å²) >= 11 is 0. The van der Waals surface area contributed by atoms with Crippen molar-refractivity contribution in [1.29, 1.82) is 0 Å². The lowest BCUT2D eigenvalue weighted by atomic mass is 9.81. The Hall–Kier alpha value is -3.60. The largest absolute Gasteiger partial charge is 0.465 e. The zero-order valence-corrected chi connectivity index (χ0v) is 20.6. The molecule has 35 heavy (non-hydrogen) atoms. The van der Waals surface area contributed by atoms with E-state index < -0.39 is 11.7 Å². The summed E-state index contributed by atoms with van der Waals surface area (Å²) in [5, 5.41) is 3.04. The van der Waals surface area contributed by atoms with E-state index in [4.69, 9.17) is 9.47 Å². The third-order valence-corrected chi connectivity index (χ3v) is 6.27. The number of carbonyl (C=O) groups excluding carboxylic acids is 2. The van der Waals surface area contributed by atoms with Crippen LogP contribution in [0.4, 0.5) is 4.79 Å². The van der Waals surface area contributed by atoms with E-state index in [2.05, 4.69) is 41.7 Å². The van der Waals surface area contributed by atoms with Crippen molar-refractivity contribution >= 4 is 12.1 Å². The number of rotatable bonds is 7. The quantitative estimate of drug-likeness (QED) is 0.441. The van der Waals surface area contributed by atoms with Crippen molar-refractivity contribution < 1.29 is 19.1 Å². The molecule has 3 aromatic carbocycles. The SMILES string of the molecule is CC(C)(C)OC(=O)N[C@@H](Cc1ccccc1)C1COC(=O)[C@@H]1Cc1ccc(-c2ccccc2)cc1. The smallest absolute Gasteiger partial charge is 0.407 e. The second-order valence-electron chi connectivity index (χ2n) is 10.1. The normalized spacial score (nSPS) is 18.5. The Morgan fingerprint density at radius 1 is 0.914 bits per heavy atom. The zero-order valence-electron chi connectivity index (χ0n) is 20.6. The van der Waals surface area contributed by atoms with Crippen LogP contribution in [0.5, 0.6) is 0 Å². The summed E-state index contributed by atoms with van der Waals surface area (Å²) in [6, 6.07) is 28.2. The van der Waals surface area contributed by atoms with E-state index in [1.54, 1.807) is 0 Å². The Morgan fingerprint density at radius 2 is 1.51 bits per heavy atom. The molecule has 0 radical (unpaired) electrons. The molecule has 1 fully saturated rings. The van der Waals surface area contributed by atoms with Gasteiger partial charge in [-0.2, -0.15) is 0 Å². The maximum absolute atomic E-state index is 12.8. The van der Waals surface area contributed by atoms with Gasteiger partial charge in [0.1, 0.15) is 5.60 Å². The van der Waals surface area contributed by atoms with Crippen molar-refractivity contribution in [2.75, 3.05) is 6.61 Å². The molecule has 3 atom stereocenters. The van der Waals surface area contributed by atoms with Gasteiger partial charge in [-0.3, -0.25) is 4.79 Å². The summed E-state index contributed by atoms with van der Waals surface area (Å²) in [5.74, 6) is -0.726. The van der Waals surface area contributed by atoms with E-state index in [0.29, 0.717) is 12.8 Å². The van der Waals surface area contributed by atoms with Crippen LogP contribution in [0, 0.1) is 11.8 Å². The van der Waals surface area contributed by atoms with Crippen molar-refractivity contribution in [2.45, 2.75) is 45.3 Å². The monoisotopic (exact) mass is 471 g/mol. The molecule has 1 aliphatic rings. The second kappa shape index (κ2) is 10.8. The van der Waals surface area contributed by atoms with Crippen LogP contribution in [-0.2, 0) is 27.1 Å². The summed E-state index contributed by atoms with van der Waals surface area (Å²) in [6.45, 7) is 5.79. The van der Waals surface area contributed by atoms with Gasteiger partial charge in [0.05, 0.1) is 12.5 Å². The molecule has 0 bridgehead atoms. The van der Waals surface area contributed by atoms with Crippen molar-refractivity contribution in [3.05, 3.63) is 96.1 Å². The Bertz CT molecular complexity index is 1120. The molecule has 0 spiro atoms. The first-order chi connectivity index (χ1) is 16.8. The molecule has 182 valence electrons. The number of carbonyl (C=O) groups is 2. The average molecular weight is 472 g/mol. The Labute approximate surface area is 207 Å². The highest BCUT2D eigenvalue weighted by atomic mass is 16.6. The van der Waals surface area contributed by atoms with Crippen molar-refractivity contribution in [2.24, 2.45) is 11.8 Å². The topological polar surface area (TPSA) is 64.6 Å². The van der Waals surface area contributed by atoms with Crippen LogP contribution in [0.25, 0.3) is 11.1 Å². The minimum atomic E-state index is -0.608. The fourth-order valence-electron chi connectivity index (χ4n) is 4.56. The number of alkyl carbamates (subject to hydrolysis) is 1. The lowest BCUT2D eigenvalue weighted by molar-refractivity contribution is -0.141. The van der Waals surface area contributed by atoms with Crippen molar-refractivity contribution in [1.82, 2.24) is 5.32 Å². The predicted octanol–water partition coefficient (Wildman–Crippen LogP) is 5.82. The van der Waals surface area contributed by atoms with E-state index in [9.17, 15) is 9.59 Å². The third kappa shape index (κ3) is 6.72. The summed E-state index contributed by atoms with van der Waals surface area (Å²) in [7, 11) is 0. The molecule has 1 heterocycles. The predicted molar refractivity (Wildman–Crippen MR) is 137 cm³/mol. The summed E-state index contributed by atoms with van der Waals surface area (Å²) in [6.07, 6.45) is 0.661. The number of cyclic esters (lactones) is 1. The molecular weight excluding hydrogens is 438 g/mol. The fraction of sp³-hybridized carbons (Fsp3) is 0.333. The van der Waals surface area contributed by atoms with E-state index in [0.717, 1.165) is 22.3 Å². The standard InChI is InChI=1S/C30H33NO4/c1-30(2,3)35-29(33)31-27(19-21-10-6-4-7-11-21)26-20-34-28(32)25(26)18-22-14-16-24(17-15-22)23-12-8-5-9-13-23/h4-17,25-27H,18-20H2,1-3H3,(H,31,33)/t25-,26?,27+/m1/s1. The Balaban J connectivity index is 1.52. The zero-order chi connectivity index (χ0) is 24.8. The van der Waals surface area contributed by atoms with E-state index in [1.807, 2.05) is 69.3 Å². The number of hydrogen-bond donors (Lipinski definition) is 1. The first-order valence-electron chi connectivity index (χ1n) is 12.1. The second-order valence-corrected chi connectivity index (χ2v) is 10.1. The van der Waals surface area contributed by atoms with Crippen LogP contribution in [-0.4, -0.2) is 30.3 Å². The van der Waals surface area contributed by atoms with E-state index >= 15 is 0 Å². The minimum absolute atomic E-state index is 0.163. The molecule has 0 aromatic heterocycles. The summed E-state index contributed by atoms with van der Waals surface area (Å²) in [5.41, 5.74) is 3.83. The first kappa shape index (κ1) is 24.5.